The van der Waals surface area contributed by atoms with Crippen LogP contribution >= 0.6 is 0 Å². The first-order chi connectivity index (χ1) is 12.1. The van der Waals surface area contributed by atoms with Gasteiger partial charge in [-0.1, -0.05) is 18.2 Å². The first-order valence-electron chi connectivity index (χ1n) is 8.13. The van der Waals surface area contributed by atoms with Crippen molar-refractivity contribution in [3.63, 3.8) is 0 Å². The second kappa shape index (κ2) is 7.25. The number of hydrogen-bond acceptors (Lipinski definition) is 5. The molecule has 0 radical (unpaired) electrons. The molecule has 0 aromatic heterocycles. The van der Waals surface area contributed by atoms with Crippen molar-refractivity contribution >= 4 is 23.2 Å². The number of carbonyl (C=O) groups excluding carboxylic acids is 2. The van der Waals surface area contributed by atoms with Crippen molar-refractivity contribution in [1.82, 2.24) is 0 Å². The fraction of sp³-hybridized carbons (Fsp3) is 0.263. The first kappa shape index (κ1) is 16.8. The third kappa shape index (κ3) is 3.42. The van der Waals surface area contributed by atoms with Crippen LogP contribution in [0.5, 0.6) is 11.5 Å². The maximum Gasteiger partial charge on any atom is 0.256 e. The molecule has 2 aromatic rings. The number of methoxy groups -OCH3 is 1. The SMILES string of the molecule is CCOc1ccccc1N[C@@H]1CC(=O)N(c2cccc(OC)c2)C1=O. The van der Waals surface area contributed by atoms with Crippen LogP contribution in [0, 0.1) is 0 Å². The average molecular weight is 340 g/mol. The number of benzene rings is 2. The minimum atomic E-state index is -0.625. The van der Waals surface area contributed by atoms with Gasteiger partial charge in [0.15, 0.2) is 0 Å². The predicted molar refractivity (Wildman–Crippen MR) is 95.1 cm³/mol. The molecular formula is C19H20N2O4. The van der Waals surface area contributed by atoms with Gasteiger partial charge in [-0.25, -0.2) is 4.90 Å². The van der Waals surface area contributed by atoms with Gasteiger partial charge < -0.3 is 14.8 Å². The summed E-state index contributed by atoms with van der Waals surface area (Å²) in [4.78, 5) is 26.3. The first-order valence-corrected chi connectivity index (χ1v) is 8.13. The molecule has 2 amide bonds. The molecule has 1 N–H and O–H groups in total. The Bertz CT molecular complexity index is 790. The van der Waals surface area contributed by atoms with Crippen molar-refractivity contribution in [1.29, 1.82) is 0 Å². The molecule has 0 aliphatic carbocycles. The van der Waals surface area contributed by atoms with Crippen molar-refractivity contribution in [3.05, 3.63) is 48.5 Å². The highest BCUT2D eigenvalue weighted by molar-refractivity contribution is 6.23. The number of para-hydroxylation sites is 2. The summed E-state index contributed by atoms with van der Waals surface area (Å²) in [6, 6.07) is 13.7. The van der Waals surface area contributed by atoms with Crippen LogP contribution in [0.2, 0.25) is 0 Å². The summed E-state index contributed by atoms with van der Waals surface area (Å²) < 4.78 is 10.7. The number of carbonyl (C=O) groups is 2. The van der Waals surface area contributed by atoms with Crippen LogP contribution in [0.3, 0.4) is 0 Å². The topological polar surface area (TPSA) is 67.9 Å². The standard InChI is InChI=1S/C19H20N2O4/c1-3-25-17-10-5-4-9-15(17)20-16-12-18(22)21(19(16)23)13-7-6-8-14(11-13)24-2/h4-11,16,20H,3,12H2,1-2H3/t16-/m1/s1. The molecule has 1 aliphatic heterocycles. The molecule has 0 spiro atoms. The molecule has 0 bridgehead atoms. The summed E-state index contributed by atoms with van der Waals surface area (Å²) >= 11 is 0. The lowest BCUT2D eigenvalue weighted by Gasteiger charge is -2.18. The summed E-state index contributed by atoms with van der Waals surface area (Å²) in [5.74, 6) is 0.718. The number of nitrogens with zero attached hydrogens (tertiary/aromatic N) is 1. The van der Waals surface area contributed by atoms with E-state index in [0.29, 0.717) is 29.5 Å². The van der Waals surface area contributed by atoms with Crippen molar-refractivity contribution in [2.45, 2.75) is 19.4 Å². The Hall–Kier alpha value is -3.02. The third-order valence-corrected chi connectivity index (χ3v) is 3.97. The van der Waals surface area contributed by atoms with E-state index < -0.39 is 6.04 Å². The number of rotatable bonds is 6. The zero-order valence-electron chi connectivity index (χ0n) is 14.2. The fourth-order valence-corrected chi connectivity index (χ4v) is 2.82. The van der Waals surface area contributed by atoms with Gasteiger partial charge in [0.05, 0.1) is 31.5 Å². The number of imide groups is 1. The number of ether oxygens (including phenoxy) is 2. The second-order valence-electron chi connectivity index (χ2n) is 5.60. The maximum atomic E-state index is 12.8. The predicted octanol–water partition coefficient (Wildman–Crippen LogP) is 2.84. The molecule has 3 rings (SSSR count). The molecule has 0 saturated carbocycles. The summed E-state index contributed by atoms with van der Waals surface area (Å²) in [5.41, 5.74) is 1.21. The maximum absolute atomic E-state index is 12.8. The fourth-order valence-electron chi connectivity index (χ4n) is 2.82. The smallest absolute Gasteiger partial charge is 0.256 e. The Labute approximate surface area is 146 Å². The summed E-state index contributed by atoms with van der Waals surface area (Å²) in [7, 11) is 1.54. The van der Waals surface area contributed by atoms with Crippen LogP contribution in [0.25, 0.3) is 0 Å². The minimum Gasteiger partial charge on any atom is -0.497 e. The van der Waals surface area contributed by atoms with E-state index in [1.54, 1.807) is 31.4 Å². The van der Waals surface area contributed by atoms with Gasteiger partial charge in [0.2, 0.25) is 5.91 Å². The van der Waals surface area contributed by atoms with Gasteiger partial charge in [-0.3, -0.25) is 9.59 Å². The van der Waals surface area contributed by atoms with Gasteiger partial charge in [0.1, 0.15) is 17.5 Å². The largest absolute Gasteiger partial charge is 0.497 e. The normalized spacial score (nSPS) is 16.9. The number of nitrogens with one attached hydrogen (secondary N) is 1. The van der Waals surface area contributed by atoms with Gasteiger partial charge in [0, 0.05) is 6.07 Å². The van der Waals surface area contributed by atoms with E-state index in [1.165, 1.54) is 4.90 Å². The van der Waals surface area contributed by atoms with Crippen molar-refractivity contribution in [2.24, 2.45) is 0 Å². The average Bonchev–Trinajstić information content (AvgIpc) is 2.90. The highest BCUT2D eigenvalue weighted by Crippen LogP contribution is 2.30. The van der Waals surface area contributed by atoms with E-state index in [-0.39, 0.29) is 18.2 Å². The Morgan fingerprint density at radius 2 is 1.96 bits per heavy atom. The summed E-state index contributed by atoms with van der Waals surface area (Å²) in [6.07, 6.45) is 0.0938. The van der Waals surface area contributed by atoms with Crippen LogP contribution in [-0.2, 0) is 9.59 Å². The van der Waals surface area contributed by atoms with Gasteiger partial charge in [-0.05, 0) is 31.2 Å². The van der Waals surface area contributed by atoms with Gasteiger partial charge in [-0.15, -0.1) is 0 Å². The van der Waals surface area contributed by atoms with Gasteiger partial charge in [-0.2, -0.15) is 0 Å². The lowest BCUT2D eigenvalue weighted by Crippen LogP contribution is -2.34. The molecule has 6 heteroatoms. The molecule has 1 saturated heterocycles. The van der Waals surface area contributed by atoms with Crippen LogP contribution in [-0.4, -0.2) is 31.6 Å². The zero-order chi connectivity index (χ0) is 17.8. The van der Waals surface area contributed by atoms with Crippen molar-refractivity contribution in [2.75, 3.05) is 23.9 Å². The molecule has 130 valence electrons. The van der Waals surface area contributed by atoms with Crippen LogP contribution in [0.4, 0.5) is 11.4 Å². The highest BCUT2D eigenvalue weighted by Gasteiger charge is 2.40. The van der Waals surface area contributed by atoms with Gasteiger partial charge in [0.25, 0.3) is 5.91 Å². The lowest BCUT2D eigenvalue weighted by molar-refractivity contribution is -0.121. The lowest BCUT2D eigenvalue weighted by atomic mass is 10.2. The number of amides is 2. The van der Waals surface area contributed by atoms with Crippen LogP contribution in [0.15, 0.2) is 48.5 Å². The van der Waals surface area contributed by atoms with Crippen molar-refractivity contribution in [3.8, 4) is 11.5 Å². The summed E-state index contributed by atoms with van der Waals surface area (Å²) in [5, 5.41) is 3.13. The molecule has 1 heterocycles. The Morgan fingerprint density at radius 3 is 2.72 bits per heavy atom. The number of hydrogen-bond donors (Lipinski definition) is 1. The molecule has 2 aromatic carbocycles. The third-order valence-electron chi connectivity index (χ3n) is 3.97. The quantitative estimate of drug-likeness (QED) is 0.819. The molecule has 1 atom stereocenters. The number of anilines is 2. The Kier molecular flexibility index (Phi) is 4.88. The van der Waals surface area contributed by atoms with E-state index in [0.717, 1.165) is 0 Å². The Morgan fingerprint density at radius 1 is 1.16 bits per heavy atom. The van der Waals surface area contributed by atoms with Crippen molar-refractivity contribution < 1.29 is 19.1 Å². The van der Waals surface area contributed by atoms with Crippen LogP contribution in [0.1, 0.15) is 13.3 Å². The zero-order valence-corrected chi connectivity index (χ0v) is 14.2. The molecule has 1 aliphatic rings. The second-order valence-corrected chi connectivity index (χ2v) is 5.60. The van der Waals surface area contributed by atoms with E-state index in [4.69, 9.17) is 9.47 Å². The monoisotopic (exact) mass is 340 g/mol. The molecular weight excluding hydrogens is 320 g/mol. The molecule has 1 fully saturated rings. The Balaban J connectivity index is 1.82. The highest BCUT2D eigenvalue weighted by atomic mass is 16.5. The van der Waals surface area contributed by atoms with E-state index in [9.17, 15) is 9.59 Å². The van der Waals surface area contributed by atoms with Gasteiger partial charge >= 0.3 is 0 Å². The summed E-state index contributed by atoms with van der Waals surface area (Å²) in [6.45, 7) is 2.41. The van der Waals surface area contributed by atoms with E-state index in [1.807, 2.05) is 31.2 Å². The van der Waals surface area contributed by atoms with E-state index in [2.05, 4.69) is 5.32 Å². The molecule has 25 heavy (non-hydrogen) atoms. The molecule has 0 unspecified atom stereocenters. The molecule has 6 nitrogen and oxygen atoms in total. The van der Waals surface area contributed by atoms with Crippen LogP contribution < -0.4 is 19.7 Å². The minimum absolute atomic E-state index is 0.0938. The van der Waals surface area contributed by atoms with E-state index >= 15 is 0 Å².